The molecular weight excluding hydrogens is 538 g/mol. The Morgan fingerprint density at radius 1 is 1.00 bits per heavy atom. The van der Waals surface area contributed by atoms with E-state index in [4.69, 9.17) is 9.47 Å². The summed E-state index contributed by atoms with van der Waals surface area (Å²) in [5.41, 5.74) is 1.62. The second-order valence-corrected chi connectivity index (χ2v) is 13.4. The van der Waals surface area contributed by atoms with Crippen molar-refractivity contribution in [2.45, 2.75) is 83.7 Å². The molecule has 2 aromatic carbocycles. The quantitative estimate of drug-likeness (QED) is 0.285. The fourth-order valence-electron chi connectivity index (χ4n) is 6.16. The van der Waals surface area contributed by atoms with Crippen LogP contribution in [0.4, 0.5) is 5.69 Å². The van der Waals surface area contributed by atoms with Crippen molar-refractivity contribution in [2.75, 3.05) is 31.2 Å². The van der Waals surface area contributed by atoms with Crippen LogP contribution in [0.2, 0.25) is 0 Å². The number of nitrogens with zero attached hydrogens (tertiary/aromatic N) is 1. The van der Waals surface area contributed by atoms with E-state index in [0.29, 0.717) is 34.8 Å². The van der Waals surface area contributed by atoms with Gasteiger partial charge < -0.3 is 14.8 Å². The van der Waals surface area contributed by atoms with E-state index < -0.39 is 10.0 Å². The first-order valence-corrected chi connectivity index (χ1v) is 17.1. The lowest BCUT2D eigenvalue weighted by atomic mass is 9.77. The third-order valence-corrected chi connectivity index (χ3v) is 8.99. The van der Waals surface area contributed by atoms with Crippen LogP contribution in [-0.4, -0.2) is 51.7 Å². The fraction of sp³-hybridized carbons (Fsp3) is 0.594. The lowest BCUT2D eigenvalue weighted by molar-refractivity contribution is -0.128. The number of piperidine rings is 1. The highest BCUT2D eigenvalue weighted by atomic mass is 32.2. The number of ether oxygens (including phenoxy) is 2. The smallest absolute Gasteiger partial charge is 0.229 e. The molecule has 1 unspecified atom stereocenters. The number of rotatable bonds is 13. The number of amides is 1. The normalized spacial score (nSPS) is 18.0. The third-order valence-electron chi connectivity index (χ3n) is 8.38. The molecule has 4 rings (SSSR count). The first-order chi connectivity index (χ1) is 19.7. The second kappa shape index (κ2) is 14.9. The molecule has 2 aromatic rings. The molecule has 0 bridgehead atoms. The highest BCUT2D eigenvalue weighted by Crippen LogP contribution is 2.35. The van der Waals surface area contributed by atoms with E-state index in [1.165, 1.54) is 44.8 Å². The number of carbonyl (C=O) groups is 1. The van der Waals surface area contributed by atoms with Crippen LogP contribution in [-0.2, 0) is 21.4 Å². The lowest BCUT2D eigenvalue weighted by Crippen LogP contribution is -2.47. The number of carbonyl (C=O) groups excluding carboxylic acids is 1. The first-order valence-electron chi connectivity index (χ1n) is 15.2. The van der Waals surface area contributed by atoms with Crippen LogP contribution >= 0.6 is 0 Å². The van der Waals surface area contributed by atoms with Crippen LogP contribution in [0.3, 0.4) is 0 Å². The standard InChI is InChI=1S/C32H47N3O5S/c1-4-5-11-29(25-9-7-6-8-10-25)32(36)33-26-18-20-35(21-19-26)23-24-12-15-28(16-13-24)40-30-17-14-27(22-31(30)39-2)34-41(3,37)38/h12-17,22,25-26,29,34H,4-11,18-21,23H2,1-3H3,(H,33,36). The number of sulfonamides is 1. The van der Waals surface area contributed by atoms with Gasteiger partial charge in [0, 0.05) is 37.7 Å². The summed E-state index contributed by atoms with van der Waals surface area (Å²) in [5, 5.41) is 3.44. The molecule has 2 aliphatic rings. The van der Waals surface area contributed by atoms with E-state index in [-0.39, 0.29) is 12.0 Å². The van der Waals surface area contributed by atoms with Gasteiger partial charge in [-0.05, 0) is 67.9 Å². The molecule has 1 atom stereocenters. The van der Waals surface area contributed by atoms with Crippen molar-refractivity contribution in [3.63, 3.8) is 0 Å². The Hall–Kier alpha value is -2.78. The average Bonchev–Trinajstić information content (AvgIpc) is 2.96. The van der Waals surface area contributed by atoms with Crippen LogP contribution in [0.5, 0.6) is 17.2 Å². The minimum Gasteiger partial charge on any atom is -0.493 e. The van der Waals surface area contributed by atoms with Crippen molar-refractivity contribution >= 4 is 21.6 Å². The minimum absolute atomic E-state index is 0.191. The van der Waals surface area contributed by atoms with Gasteiger partial charge in [0.15, 0.2) is 11.5 Å². The van der Waals surface area contributed by atoms with Gasteiger partial charge in [0.1, 0.15) is 5.75 Å². The van der Waals surface area contributed by atoms with Gasteiger partial charge in [-0.2, -0.15) is 0 Å². The fourth-order valence-corrected chi connectivity index (χ4v) is 6.72. The van der Waals surface area contributed by atoms with Crippen molar-refractivity contribution in [3.05, 3.63) is 48.0 Å². The van der Waals surface area contributed by atoms with Crippen molar-refractivity contribution < 1.29 is 22.7 Å². The number of benzene rings is 2. The maximum Gasteiger partial charge on any atom is 0.229 e. The zero-order valence-electron chi connectivity index (χ0n) is 24.9. The van der Waals surface area contributed by atoms with E-state index in [9.17, 15) is 13.2 Å². The van der Waals surface area contributed by atoms with Gasteiger partial charge in [-0.3, -0.25) is 14.4 Å². The molecule has 1 saturated carbocycles. The van der Waals surface area contributed by atoms with Crippen molar-refractivity contribution in [1.29, 1.82) is 0 Å². The molecule has 1 aliphatic carbocycles. The molecule has 2 N–H and O–H groups in total. The summed E-state index contributed by atoms with van der Waals surface area (Å²) in [6, 6.07) is 13.2. The maximum atomic E-state index is 13.3. The number of methoxy groups -OCH3 is 1. The Bertz CT molecular complexity index is 1220. The van der Waals surface area contributed by atoms with E-state index in [2.05, 4.69) is 34.0 Å². The van der Waals surface area contributed by atoms with Crippen molar-refractivity contribution in [1.82, 2.24) is 10.2 Å². The lowest BCUT2D eigenvalue weighted by Gasteiger charge is -2.35. The van der Waals surface area contributed by atoms with Gasteiger partial charge in [-0.1, -0.05) is 51.2 Å². The summed E-state index contributed by atoms with van der Waals surface area (Å²) < 4.78 is 36.9. The molecule has 1 saturated heterocycles. The molecule has 8 nitrogen and oxygen atoms in total. The van der Waals surface area contributed by atoms with Gasteiger partial charge in [0.05, 0.1) is 19.1 Å². The predicted octanol–water partition coefficient (Wildman–Crippen LogP) is 6.33. The maximum absolute atomic E-state index is 13.3. The number of anilines is 1. The van der Waals surface area contributed by atoms with Crippen molar-refractivity contribution in [2.24, 2.45) is 11.8 Å². The minimum atomic E-state index is -3.38. The van der Waals surface area contributed by atoms with Crippen LogP contribution in [0.25, 0.3) is 0 Å². The van der Waals surface area contributed by atoms with Gasteiger partial charge in [0.2, 0.25) is 15.9 Å². The Kier molecular flexibility index (Phi) is 11.3. The average molecular weight is 586 g/mol. The molecule has 0 aromatic heterocycles. The van der Waals surface area contributed by atoms with Crippen LogP contribution in [0, 0.1) is 11.8 Å². The summed E-state index contributed by atoms with van der Waals surface area (Å²) in [4.78, 5) is 15.7. The number of likely N-dealkylation sites (tertiary alicyclic amines) is 1. The number of hydrogen-bond donors (Lipinski definition) is 2. The highest BCUT2D eigenvalue weighted by Gasteiger charge is 2.31. The monoisotopic (exact) mass is 585 g/mol. The van der Waals surface area contributed by atoms with E-state index >= 15 is 0 Å². The molecule has 1 amide bonds. The second-order valence-electron chi connectivity index (χ2n) is 11.7. The molecule has 226 valence electrons. The predicted molar refractivity (Wildman–Crippen MR) is 164 cm³/mol. The SMILES string of the molecule is CCCCC(C(=O)NC1CCN(Cc2ccc(Oc3ccc(NS(C)(=O)=O)cc3OC)cc2)CC1)C1CCCCC1. The van der Waals surface area contributed by atoms with Gasteiger partial charge in [-0.15, -0.1) is 0 Å². The largest absolute Gasteiger partial charge is 0.493 e. The molecule has 0 spiro atoms. The zero-order valence-corrected chi connectivity index (χ0v) is 25.7. The van der Waals surface area contributed by atoms with E-state index in [0.717, 1.165) is 58.0 Å². The number of unbranched alkanes of at least 4 members (excludes halogenated alkanes) is 1. The van der Waals surface area contributed by atoms with E-state index in [1.807, 2.05) is 12.1 Å². The van der Waals surface area contributed by atoms with Crippen molar-refractivity contribution in [3.8, 4) is 17.2 Å². The number of nitrogens with one attached hydrogen (secondary N) is 2. The molecular formula is C32H47N3O5S. The first kappa shape index (κ1) is 31.2. The Labute approximate surface area is 246 Å². The number of hydrogen-bond acceptors (Lipinski definition) is 6. The molecule has 1 aliphatic heterocycles. The van der Waals surface area contributed by atoms with Gasteiger partial charge in [0.25, 0.3) is 0 Å². The molecule has 41 heavy (non-hydrogen) atoms. The molecule has 1 heterocycles. The Morgan fingerprint density at radius 2 is 1.71 bits per heavy atom. The summed E-state index contributed by atoms with van der Waals surface area (Å²) in [6.07, 6.45) is 12.7. The highest BCUT2D eigenvalue weighted by molar-refractivity contribution is 7.92. The summed E-state index contributed by atoms with van der Waals surface area (Å²) >= 11 is 0. The topological polar surface area (TPSA) is 97.0 Å². The Morgan fingerprint density at radius 3 is 2.34 bits per heavy atom. The van der Waals surface area contributed by atoms with Gasteiger partial charge in [-0.25, -0.2) is 8.42 Å². The van der Waals surface area contributed by atoms with Gasteiger partial charge >= 0.3 is 0 Å². The third kappa shape index (κ3) is 9.64. The van der Waals surface area contributed by atoms with Crippen LogP contribution in [0.15, 0.2) is 42.5 Å². The molecule has 9 heteroatoms. The summed E-state index contributed by atoms with van der Waals surface area (Å²) in [7, 11) is -1.86. The summed E-state index contributed by atoms with van der Waals surface area (Å²) in [6.45, 7) is 5.01. The zero-order chi connectivity index (χ0) is 29.2. The van der Waals surface area contributed by atoms with Crippen LogP contribution in [0.1, 0.15) is 76.7 Å². The van der Waals surface area contributed by atoms with E-state index in [1.54, 1.807) is 18.2 Å². The summed E-state index contributed by atoms with van der Waals surface area (Å²) in [5.74, 6) is 2.68. The Balaban J connectivity index is 1.25. The molecule has 2 fully saturated rings. The molecule has 0 radical (unpaired) electrons. The van der Waals surface area contributed by atoms with Crippen LogP contribution < -0.4 is 19.5 Å².